The number of benzene rings is 2. The fourth-order valence-electron chi connectivity index (χ4n) is 2.91. The molecule has 9 heteroatoms. The summed E-state index contributed by atoms with van der Waals surface area (Å²) >= 11 is 0. The number of aromatic nitrogens is 1. The highest BCUT2D eigenvalue weighted by molar-refractivity contribution is 14.0. The van der Waals surface area contributed by atoms with Gasteiger partial charge in [-0.1, -0.05) is 30.3 Å². The number of ether oxygens (including phenoxy) is 1. The maximum Gasteiger partial charge on any atom is 0.422 e. The van der Waals surface area contributed by atoms with Gasteiger partial charge in [-0.2, -0.15) is 13.2 Å². The minimum atomic E-state index is -4.38. The van der Waals surface area contributed by atoms with Gasteiger partial charge in [0.25, 0.3) is 0 Å². The second kappa shape index (κ2) is 10.6. The van der Waals surface area contributed by atoms with Crippen LogP contribution >= 0.6 is 24.0 Å². The molecule has 0 bridgehead atoms. The maximum atomic E-state index is 12.5. The van der Waals surface area contributed by atoms with Crippen LogP contribution in [0.1, 0.15) is 16.8 Å². The van der Waals surface area contributed by atoms with Crippen LogP contribution in [0.15, 0.2) is 53.5 Å². The lowest BCUT2D eigenvalue weighted by Gasteiger charge is -2.16. The summed E-state index contributed by atoms with van der Waals surface area (Å²) < 4.78 is 42.5. The molecule has 0 saturated heterocycles. The zero-order valence-electron chi connectivity index (χ0n) is 16.6. The Kier molecular flexibility index (Phi) is 8.39. The Hall–Kier alpha value is -2.43. The van der Waals surface area contributed by atoms with E-state index >= 15 is 0 Å². The van der Waals surface area contributed by atoms with Crippen molar-refractivity contribution in [3.63, 3.8) is 0 Å². The number of para-hydroxylation sites is 1. The standard InChI is InChI=1S/C21H23F3N4O.HI/c1-14-7-8-16(19(9-14)29-13-21(22,23)24)11-26-20(25-2)27-12-17-10-15-5-3-4-6-18(15)28-17;/h3-10,28H,11-13H2,1-2H3,(H2,25,26,27);1H. The third-order valence-electron chi connectivity index (χ3n) is 4.32. The van der Waals surface area contributed by atoms with Gasteiger partial charge in [-0.3, -0.25) is 4.99 Å². The molecule has 30 heavy (non-hydrogen) atoms. The number of nitrogens with one attached hydrogen (secondary N) is 3. The van der Waals surface area contributed by atoms with E-state index in [1.54, 1.807) is 26.1 Å². The molecule has 0 spiro atoms. The molecule has 0 unspecified atom stereocenters. The molecule has 0 fully saturated rings. The molecule has 3 rings (SSSR count). The van der Waals surface area contributed by atoms with E-state index in [0.29, 0.717) is 18.1 Å². The molecule has 3 aromatic rings. The van der Waals surface area contributed by atoms with E-state index in [9.17, 15) is 13.2 Å². The van der Waals surface area contributed by atoms with Gasteiger partial charge in [-0.25, -0.2) is 0 Å². The first-order valence-corrected chi connectivity index (χ1v) is 9.14. The van der Waals surface area contributed by atoms with Crippen LogP contribution in [0.25, 0.3) is 10.9 Å². The van der Waals surface area contributed by atoms with Crippen molar-refractivity contribution >= 4 is 40.8 Å². The number of H-pyrrole nitrogens is 1. The van der Waals surface area contributed by atoms with E-state index in [4.69, 9.17) is 4.74 Å². The molecule has 0 amide bonds. The Labute approximate surface area is 190 Å². The molecule has 162 valence electrons. The lowest BCUT2D eigenvalue weighted by molar-refractivity contribution is -0.153. The van der Waals surface area contributed by atoms with Gasteiger partial charge in [0.15, 0.2) is 12.6 Å². The number of fused-ring (bicyclic) bond motifs is 1. The van der Waals surface area contributed by atoms with Crippen molar-refractivity contribution in [1.82, 2.24) is 15.6 Å². The number of hydrogen-bond acceptors (Lipinski definition) is 2. The third kappa shape index (κ3) is 6.82. The Morgan fingerprint density at radius 3 is 2.50 bits per heavy atom. The summed E-state index contributed by atoms with van der Waals surface area (Å²) in [6, 6.07) is 15.2. The first kappa shape index (κ1) is 23.8. The summed E-state index contributed by atoms with van der Waals surface area (Å²) in [7, 11) is 1.64. The summed E-state index contributed by atoms with van der Waals surface area (Å²) in [4.78, 5) is 7.49. The summed E-state index contributed by atoms with van der Waals surface area (Å²) in [5, 5.41) is 7.42. The largest absolute Gasteiger partial charge is 0.484 e. The molecule has 5 nitrogen and oxygen atoms in total. The second-order valence-corrected chi connectivity index (χ2v) is 6.68. The first-order chi connectivity index (χ1) is 13.8. The lowest BCUT2D eigenvalue weighted by atomic mass is 10.1. The van der Waals surface area contributed by atoms with E-state index in [2.05, 4.69) is 26.7 Å². The van der Waals surface area contributed by atoms with Crippen molar-refractivity contribution in [2.24, 2.45) is 4.99 Å². The maximum absolute atomic E-state index is 12.5. The SMILES string of the molecule is CN=C(NCc1cc2ccccc2[nH]1)NCc1ccc(C)cc1OCC(F)(F)F.I. The molecule has 2 aromatic carbocycles. The Morgan fingerprint density at radius 2 is 1.80 bits per heavy atom. The minimum Gasteiger partial charge on any atom is -0.484 e. The number of aliphatic imine (C=N–C) groups is 1. The van der Waals surface area contributed by atoms with Gasteiger partial charge in [0.05, 0.1) is 6.54 Å². The van der Waals surface area contributed by atoms with Crippen molar-refractivity contribution in [3.05, 3.63) is 65.4 Å². The number of nitrogens with zero attached hydrogens (tertiary/aromatic N) is 1. The number of rotatable bonds is 6. The van der Waals surface area contributed by atoms with Crippen LogP contribution in [-0.4, -0.2) is 30.8 Å². The fourth-order valence-corrected chi connectivity index (χ4v) is 2.91. The average molecular weight is 532 g/mol. The van der Waals surface area contributed by atoms with Gasteiger partial charge in [-0.15, -0.1) is 24.0 Å². The Bertz CT molecular complexity index is 968. The van der Waals surface area contributed by atoms with E-state index < -0.39 is 12.8 Å². The highest BCUT2D eigenvalue weighted by atomic mass is 127. The summed E-state index contributed by atoms with van der Waals surface area (Å²) in [6.07, 6.45) is -4.38. The molecule has 0 radical (unpaired) electrons. The van der Waals surface area contributed by atoms with Crippen molar-refractivity contribution in [2.75, 3.05) is 13.7 Å². The molecule has 0 atom stereocenters. The molecule has 0 aliphatic rings. The predicted octanol–water partition coefficient (Wildman–Crippen LogP) is 4.90. The third-order valence-corrected chi connectivity index (χ3v) is 4.32. The fraction of sp³-hybridized carbons (Fsp3) is 0.286. The van der Waals surface area contributed by atoms with E-state index in [1.165, 1.54) is 0 Å². The Morgan fingerprint density at radius 1 is 1.07 bits per heavy atom. The first-order valence-electron chi connectivity index (χ1n) is 9.14. The normalized spacial score (nSPS) is 11.8. The van der Waals surface area contributed by atoms with Crippen LogP contribution < -0.4 is 15.4 Å². The smallest absolute Gasteiger partial charge is 0.422 e. The van der Waals surface area contributed by atoms with Crippen LogP contribution in [0.3, 0.4) is 0 Å². The van der Waals surface area contributed by atoms with E-state index in [1.807, 2.05) is 30.3 Å². The van der Waals surface area contributed by atoms with E-state index in [0.717, 1.165) is 22.2 Å². The van der Waals surface area contributed by atoms with Crippen molar-refractivity contribution in [2.45, 2.75) is 26.2 Å². The van der Waals surface area contributed by atoms with Crippen molar-refractivity contribution in [1.29, 1.82) is 0 Å². The molecule has 1 aromatic heterocycles. The summed E-state index contributed by atoms with van der Waals surface area (Å²) in [5.41, 5.74) is 3.50. The molecule has 0 saturated carbocycles. The van der Waals surface area contributed by atoms with Crippen LogP contribution in [-0.2, 0) is 13.1 Å². The predicted molar refractivity (Wildman–Crippen MR) is 123 cm³/mol. The van der Waals surface area contributed by atoms with E-state index in [-0.39, 0.29) is 36.3 Å². The number of aromatic amines is 1. The second-order valence-electron chi connectivity index (χ2n) is 6.68. The lowest BCUT2D eigenvalue weighted by Crippen LogP contribution is -2.36. The van der Waals surface area contributed by atoms with Gasteiger partial charge >= 0.3 is 6.18 Å². The Balaban J connectivity index is 0.00000320. The monoisotopic (exact) mass is 532 g/mol. The summed E-state index contributed by atoms with van der Waals surface area (Å²) in [5.74, 6) is 0.742. The molecule has 0 aliphatic heterocycles. The molecule has 1 heterocycles. The van der Waals surface area contributed by atoms with Crippen molar-refractivity contribution in [3.8, 4) is 5.75 Å². The zero-order chi connectivity index (χ0) is 20.9. The molecular formula is C21H24F3IN4O. The van der Waals surface area contributed by atoms with Crippen molar-refractivity contribution < 1.29 is 17.9 Å². The number of guanidine groups is 1. The highest BCUT2D eigenvalue weighted by Crippen LogP contribution is 2.23. The summed E-state index contributed by atoms with van der Waals surface area (Å²) in [6.45, 7) is 1.29. The van der Waals surface area contributed by atoms with Crippen LogP contribution in [0.2, 0.25) is 0 Å². The molecule has 0 aliphatic carbocycles. The van der Waals surface area contributed by atoms with Crippen LogP contribution in [0.4, 0.5) is 13.2 Å². The highest BCUT2D eigenvalue weighted by Gasteiger charge is 2.28. The van der Waals surface area contributed by atoms with Gasteiger partial charge in [0.2, 0.25) is 0 Å². The number of halogens is 4. The number of aryl methyl sites for hydroxylation is 1. The van der Waals surface area contributed by atoms with Crippen LogP contribution in [0, 0.1) is 6.92 Å². The van der Waals surface area contributed by atoms with Gasteiger partial charge < -0.3 is 20.4 Å². The van der Waals surface area contributed by atoms with Gasteiger partial charge in [0, 0.05) is 30.4 Å². The van der Waals surface area contributed by atoms with Gasteiger partial charge in [-0.05, 0) is 36.1 Å². The average Bonchev–Trinajstić information content (AvgIpc) is 3.10. The molecular weight excluding hydrogens is 508 g/mol. The molecule has 3 N–H and O–H groups in total. The number of hydrogen-bond donors (Lipinski definition) is 3. The minimum absolute atomic E-state index is 0. The van der Waals surface area contributed by atoms with Gasteiger partial charge in [0.1, 0.15) is 5.75 Å². The quantitative estimate of drug-likeness (QED) is 0.241. The zero-order valence-corrected chi connectivity index (χ0v) is 19.0. The number of alkyl halides is 3. The van der Waals surface area contributed by atoms with Crippen LogP contribution in [0.5, 0.6) is 5.75 Å². The topological polar surface area (TPSA) is 61.4 Å².